The first kappa shape index (κ1) is 42.2. The van der Waals surface area contributed by atoms with Crippen LogP contribution in [0.3, 0.4) is 0 Å². The third-order valence-electron chi connectivity index (χ3n) is 6.15. The molecular weight excluding hydrogens is 455 g/mol. The van der Waals surface area contributed by atoms with E-state index in [9.17, 15) is 0 Å². The van der Waals surface area contributed by atoms with E-state index in [0.29, 0.717) is 0 Å². The van der Waals surface area contributed by atoms with Gasteiger partial charge in [-0.15, -0.1) is 0 Å². The molecule has 190 valence electrons. The van der Waals surface area contributed by atoms with Crippen molar-refractivity contribution in [1.29, 1.82) is 0 Å². The van der Waals surface area contributed by atoms with Crippen molar-refractivity contribution in [3.63, 3.8) is 0 Å². The molecule has 0 saturated carbocycles. The number of phosphoric acid groups is 1. The summed E-state index contributed by atoms with van der Waals surface area (Å²) in [5, 5.41) is 0. The Morgan fingerprint density at radius 2 is 0.667 bits per heavy atom. The van der Waals surface area contributed by atoms with Gasteiger partial charge < -0.3 is 23.7 Å². The van der Waals surface area contributed by atoms with Crippen LogP contribution in [0.4, 0.5) is 0 Å². The van der Waals surface area contributed by atoms with E-state index in [0.717, 1.165) is 0 Å². The van der Waals surface area contributed by atoms with Crippen molar-refractivity contribution in [3.8, 4) is 0 Å². The molecule has 0 amide bonds. The summed E-state index contributed by atoms with van der Waals surface area (Å²) in [6.07, 6.45) is 25.9. The van der Waals surface area contributed by atoms with Gasteiger partial charge in [-0.05, 0) is 38.5 Å². The molecule has 0 aliphatic carbocycles. The molecule has 0 aliphatic heterocycles. The van der Waals surface area contributed by atoms with E-state index in [1.807, 2.05) is 0 Å². The van der Waals surface area contributed by atoms with Crippen LogP contribution in [0.25, 0.3) is 0 Å². The van der Waals surface area contributed by atoms with Crippen LogP contribution in [-0.4, -0.2) is 31.2 Å². The Morgan fingerprint density at radius 1 is 0.485 bits per heavy atom. The number of hydrogen-bond acceptors (Lipinski definition) is 4. The molecule has 8 heteroatoms. The summed E-state index contributed by atoms with van der Waals surface area (Å²) in [5.74, 6) is 0. The molecule has 0 bridgehead atoms. The van der Waals surface area contributed by atoms with E-state index < -0.39 is 7.82 Å². The monoisotopic (exact) mass is 509 g/mol. The molecule has 0 unspecified atom stereocenters. The fourth-order valence-corrected chi connectivity index (χ4v) is 4.16. The van der Waals surface area contributed by atoms with Gasteiger partial charge in [0.25, 0.3) is 0 Å². The summed E-state index contributed by atoms with van der Waals surface area (Å²) in [5.41, 5.74) is 0. The van der Waals surface area contributed by atoms with Crippen molar-refractivity contribution in [3.05, 3.63) is 0 Å². The van der Waals surface area contributed by atoms with Crippen molar-refractivity contribution in [1.82, 2.24) is 0 Å². The Balaban J connectivity index is -0.000000539. The number of hydrogen-bond donors (Lipinski definition) is 0. The van der Waals surface area contributed by atoms with E-state index in [2.05, 4.69) is 27.8 Å². The number of nitrogens with zero attached hydrogens (tertiary/aromatic N) is 1. The number of rotatable bonds is 21. The van der Waals surface area contributed by atoms with Crippen LogP contribution in [0.2, 0.25) is 0 Å². The van der Waals surface area contributed by atoms with Crippen LogP contribution < -0.4 is 73.8 Å². The molecule has 0 saturated heterocycles. The SMILES string of the molecule is CCCCCCCC[N+](C)(CCCCCCCC)CCCCCCCC.O=P([O-])([O-])[O-].[Na+].[Na+]. The third kappa shape index (κ3) is 41.5. The number of quaternary nitrogens is 1. The zero-order valence-electron chi connectivity index (χ0n) is 23.4. The minimum Gasteiger partial charge on any atom is -0.822 e. The fourth-order valence-electron chi connectivity index (χ4n) is 4.16. The van der Waals surface area contributed by atoms with Crippen LogP contribution in [0, 0.1) is 0 Å². The van der Waals surface area contributed by atoms with E-state index in [-0.39, 0.29) is 59.1 Å². The van der Waals surface area contributed by atoms with E-state index in [1.165, 1.54) is 140 Å². The van der Waals surface area contributed by atoms with Crippen molar-refractivity contribution in [2.24, 2.45) is 0 Å². The Labute approximate surface area is 251 Å². The minimum absolute atomic E-state index is 0. The molecular formula is C25H54NNa2O4P. The van der Waals surface area contributed by atoms with Crippen LogP contribution in [0.15, 0.2) is 0 Å². The standard InChI is InChI=1S/C25H54N.2Na.H3O4P/c1-5-8-11-14-17-20-23-26(4,24-21-18-15-12-9-6-2)25-22-19-16-13-10-7-3;;;1-5(2,3)4/h5-25H2,1-4H3;;;(H3,1,2,3,4)/q3*+1;/p-3. The summed E-state index contributed by atoms with van der Waals surface area (Å²) in [7, 11) is -2.83. The summed E-state index contributed by atoms with van der Waals surface area (Å²) < 4.78 is 9.91. The molecule has 33 heavy (non-hydrogen) atoms. The van der Waals surface area contributed by atoms with Gasteiger partial charge in [-0.3, -0.25) is 0 Å². The predicted octanol–water partition coefficient (Wildman–Crippen LogP) is -0.302. The predicted molar refractivity (Wildman–Crippen MR) is 129 cm³/mol. The minimum atomic E-state index is -5.39. The van der Waals surface area contributed by atoms with Crippen LogP contribution in [0.5, 0.6) is 0 Å². The summed E-state index contributed by atoms with van der Waals surface area (Å²) in [6.45, 7) is 11.2. The molecule has 0 aromatic heterocycles. The maximum absolute atomic E-state index is 8.55. The van der Waals surface area contributed by atoms with Gasteiger partial charge in [0.1, 0.15) is 0 Å². The quantitative estimate of drug-likeness (QED) is 0.0920. The van der Waals surface area contributed by atoms with Crippen molar-refractivity contribution < 1.29 is 82.8 Å². The largest absolute Gasteiger partial charge is 1.00 e. The molecule has 0 spiro atoms. The van der Waals surface area contributed by atoms with E-state index in [4.69, 9.17) is 19.2 Å². The zero-order chi connectivity index (χ0) is 23.8. The molecule has 0 atom stereocenters. The Bertz CT molecular complexity index is 363. The van der Waals surface area contributed by atoms with Crippen molar-refractivity contribution >= 4 is 7.82 Å². The summed E-state index contributed by atoms with van der Waals surface area (Å²) in [4.78, 5) is 25.6. The molecule has 0 N–H and O–H groups in total. The third-order valence-corrected chi connectivity index (χ3v) is 6.15. The van der Waals surface area contributed by atoms with Crippen molar-refractivity contribution in [2.75, 3.05) is 26.7 Å². The normalized spacial score (nSPS) is 11.2. The average Bonchev–Trinajstić information content (AvgIpc) is 2.69. The van der Waals surface area contributed by atoms with Gasteiger partial charge in [-0.2, -0.15) is 7.82 Å². The van der Waals surface area contributed by atoms with Crippen LogP contribution in [0.1, 0.15) is 136 Å². The second kappa shape index (κ2) is 30.3. The molecule has 0 radical (unpaired) electrons. The van der Waals surface area contributed by atoms with E-state index in [1.54, 1.807) is 0 Å². The molecule has 0 heterocycles. The Kier molecular flexibility index (Phi) is 38.7. The van der Waals surface area contributed by atoms with Crippen LogP contribution in [-0.2, 0) is 4.57 Å². The van der Waals surface area contributed by atoms with E-state index >= 15 is 0 Å². The first-order valence-electron chi connectivity index (χ1n) is 13.2. The van der Waals surface area contributed by atoms with Gasteiger partial charge in [0.2, 0.25) is 0 Å². The van der Waals surface area contributed by atoms with Crippen molar-refractivity contribution in [2.45, 2.75) is 136 Å². The Hall–Kier alpha value is 2.07. The molecule has 0 aromatic carbocycles. The van der Waals surface area contributed by atoms with Gasteiger partial charge in [-0.1, -0.05) is 97.8 Å². The Morgan fingerprint density at radius 3 is 0.879 bits per heavy atom. The first-order valence-corrected chi connectivity index (χ1v) is 14.7. The molecule has 0 fully saturated rings. The topological polar surface area (TPSA) is 86.2 Å². The van der Waals surface area contributed by atoms with Gasteiger partial charge >= 0.3 is 59.1 Å². The van der Waals surface area contributed by atoms with Gasteiger partial charge in [0.05, 0.1) is 26.7 Å². The molecule has 5 nitrogen and oxygen atoms in total. The maximum Gasteiger partial charge on any atom is 1.00 e. The smallest absolute Gasteiger partial charge is 0.822 e. The van der Waals surface area contributed by atoms with Gasteiger partial charge in [0.15, 0.2) is 0 Å². The summed E-state index contributed by atoms with van der Waals surface area (Å²) in [6, 6.07) is 0. The first-order chi connectivity index (χ1) is 14.7. The molecule has 0 aliphatic rings. The zero-order valence-corrected chi connectivity index (χ0v) is 28.3. The van der Waals surface area contributed by atoms with Gasteiger partial charge in [-0.25, -0.2) is 0 Å². The van der Waals surface area contributed by atoms with Crippen LogP contribution >= 0.6 is 7.82 Å². The molecule has 0 rings (SSSR count). The van der Waals surface area contributed by atoms with Gasteiger partial charge in [0, 0.05) is 0 Å². The fraction of sp³-hybridized carbons (Fsp3) is 1.00. The second-order valence-electron chi connectivity index (χ2n) is 9.54. The maximum atomic E-state index is 8.55. The molecule has 0 aromatic rings. The number of unbranched alkanes of at least 4 members (excludes halogenated alkanes) is 15. The summed E-state index contributed by atoms with van der Waals surface area (Å²) >= 11 is 0. The average molecular weight is 510 g/mol. The second-order valence-corrected chi connectivity index (χ2v) is 10.4.